The number of hydrogen-bond acceptors (Lipinski definition) is 6. The highest BCUT2D eigenvalue weighted by molar-refractivity contribution is 7.89. The summed E-state index contributed by atoms with van der Waals surface area (Å²) in [6.45, 7) is 0.525. The summed E-state index contributed by atoms with van der Waals surface area (Å²) in [5.41, 5.74) is 1.62. The molecule has 0 bridgehead atoms. The highest BCUT2D eigenvalue weighted by atomic mass is 32.2. The number of carbonyl (C=O) groups is 2. The molecule has 0 aromatic heterocycles. The number of nitrogens with one attached hydrogen (secondary N) is 1. The maximum absolute atomic E-state index is 14.0. The fourth-order valence-corrected chi connectivity index (χ4v) is 6.93. The second-order valence-electron chi connectivity index (χ2n) is 10.0. The molecule has 2 heterocycles. The molecule has 0 unspecified atom stereocenters. The molecule has 2 aliphatic rings. The first-order chi connectivity index (χ1) is 19.8. The number of halogens is 1. The maximum Gasteiger partial charge on any atom is 0.262 e. The molecule has 11 heteroatoms. The van der Waals surface area contributed by atoms with Crippen molar-refractivity contribution < 1.29 is 31.9 Å². The van der Waals surface area contributed by atoms with Gasteiger partial charge in [-0.15, -0.1) is 0 Å². The zero-order valence-corrected chi connectivity index (χ0v) is 23.5. The number of hydrogen-bond donors (Lipinski definition) is 1. The van der Waals surface area contributed by atoms with Crippen LogP contribution >= 0.6 is 0 Å². The van der Waals surface area contributed by atoms with Crippen LogP contribution in [0.4, 0.5) is 10.1 Å². The molecular weight excluding hydrogens is 549 g/mol. The van der Waals surface area contributed by atoms with E-state index < -0.39 is 27.9 Å². The number of carbonyl (C=O) groups excluding carboxylic acids is 2. The molecule has 41 heavy (non-hydrogen) atoms. The molecule has 1 N–H and O–H groups in total. The van der Waals surface area contributed by atoms with Gasteiger partial charge in [0.1, 0.15) is 22.2 Å². The van der Waals surface area contributed by atoms with Gasteiger partial charge in [-0.3, -0.25) is 9.59 Å². The number of ether oxygens (including phenoxy) is 2. The van der Waals surface area contributed by atoms with Crippen molar-refractivity contribution >= 4 is 27.5 Å². The molecule has 2 amide bonds. The largest absolute Gasteiger partial charge is 0.495 e. The Labute approximate surface area is 238 Å². The third kappa shape index (κ3) is 6.20. The molecule has 216 valence electrons. The predicted octanol–water partition coefficient (Wildman–Crippen LogP) is 3.39. The van der Waals surface area contributed by atoms with Crippen LogP contribution in [0, 0.1) is 11.7 Å². The number of anilines is 1. The van der Waals surface area contributed by atoms with Gasteiger partial charge in [0.15, 0.2) is 6.10 Å². The molecule has 0 spiro atoms. The van der Waals surface area contributed by atoms with Crippen molar-refractivity contribution in [1.29, 1.82) is 0 Å². The first kappa shape index (κ1) is 28.6. The molecule has 3 aromatic rings. The van der Waals surface area contributed by atoms with Gasteiger partial charge >= 0.3 is 0 Å². The molecule has 3 aromatic carbocycles. The second-order valence-corrected chi connectivity index (χ2v) is 12.0. The molecular formula is C30H32FN3O6S. The zero-order valence-electron chi connectivity index (χ0n) is 22.7. The van der Waals surface area contributed by atoms with Crippen molar-refractivity contribution in [2.75, 3.05) is 38.2 Å². The Bertz CT molecular complexity index is 1520. The van der Waals surface area contributed by atoms with Gasteiger partial charge in [0.05, 0.1) is 25.3 Å². The number of nitrogens with zero attached hydrogens (tertiary/aromatic N) is 2. The number of fused-ring (bicyclic) bond motifs is 1. The van der Waals surface area contributed by atoms with Crippen LogP contribution in [0.5, 0.6) is 11.5 Å². The van der Waals surface area contributed by atoms with E-state index >= 15 is 0 Å². The van der Waals surface area contributed by atoms with E-state index in [2.05, 4.69) is 5.32 Å². The van der Waals surface area contributed by atoms with E-state index in [1.165, 1.54) is 22.4 Å². The van der Waals surface area contributed by atoms with E-state index in [1.807, 2.05) is 30.3 Å². The van der Waals surface area contributed by atoms with Crippen molar-refractivity contribution in [1.82, 2.24) is 9.62 Å². The number of rotatable bonds is 8. The van der Waals surface area contributed by atoms with Gasteiger partial charge in [0, 0.05) is 19.6 Å². The molecule has 0 radical (unpaired) electrons. The Balaban J connectivity index is 1.31. The highest BCUT2D eigenvalue weighted by Crippen LogP contribution is 2.36. The number of methoxy groups -OCH3 is 1. The van der Waals surface area contributed by atoms with Crippen LogP contribution < -0.4 is 19.7 Å². The van der Waals surface area contributed by atoms with E-state index in [4.69, 9.17) is 9.47 Å². The van der Waals surface area contributed by atoms with E-state index in [1.54, 1.807) is 24.3 Å². The number of sulfonamides is 1. The second kappa shape index (κ2) is 12.3. The van der Waals surface area contributed by atoms with Crippen LogP contribution in [-0.4, -0.2) is 63.9 Å². The fraction of sp³-hybridized carbons (Fsp3) is 0.333. The summed E-state index contributed by atoms with van der Waals surface area (Å²) in [6.07, 6.45) is 0.645. The van der Waals surface area contributed by atoms with Gasteiger partial charge < -0.3 is 19.7 Å². The lowest BCUT2D eigenvalue weighted by molar-refractivity contribution is -0.129. The summed E-state index contributed by atoms with van der Waals surface area (Å²) in [6, 6.07) is 20.1. The summed E-state index contributed by atoms with van der Waals surface area (Å²) in [5, 5.41) is 2.90. The SMILES string of the molecule is COc1ccc(F)cc1S(=O)(=O)N1CCC[C@@H](C(=O)N2C[C@@H](C(=O)NCCc3ccccc3)Oc3ccccc32)C1. The molecule has 0 saturated carbocycles. The van der Waals surface area contributed by atoms with Crippen LogP contribution in [0.2, 0.25) is 0 Å². The number of para-hydroxylation sites is 2. The van der Waals surface area contributed by atoms with Gasteiger partial charge in [0.25, 0.3) is 5.91 Å². The van der Waals surface area contributed by atoms with Crippen molar-refractivity contribution in [2.45, 2.75) is 30.3 Å². The number of amides is 2. The molecule has 2 aliphatic heterocycles. The van der Waals surface area contributed by atoms with E-state index in [-0.39, 0.29) is 42.1 Å². The lowest BCUT2D eigenvalue weighted by Gasteiger charge is -2.38. The average Bonchev–Trinajstić information content (AvgIpc) is 3.00. The van der Waals surface area contributed by atoms with Gasteiger partial charge in [0.2, 0.25) is 15.9 Å². The smallest absolute Gasteiger partial charge is 0.262 e. The normalized spacial score (nSPS) is 19.1. The van der Waals surface area contributed by atoms with Crippen molar-refractivity contribution in [3.63, 3.8) is 0 Å². The third-order valence-corrected chi connectivity index (χ3v) is 9.25. The molecule has 5 rings (SSSR count). The van der Waals surface area contributed by atoms with Crippen LogP contribution in [-0.2, 0) is 26.0 Å². The minimum absolute atomic E-state index is 0.00597. The first-order valence-electron chi connectivity index (χ1n) is 13.5. The van der Waals surface area contributed by atoms with Crippen molar-refractivity contribution in [2.24, 2.45) is 5.92 Å². The minimum Gasteiger partial charge on any atom is -0.495 e. The summed E-state index contributed by atoms with van der Waals surface area (Å²) in [5.74, 6) is -1.56. The molecule has 1 fully saturated rings. The monoisotopic (exact) mass is 581 g/mol. The van der Waals surface area contributed by atoms with Gasteiger partial charge in [-0.25, -0.2) is 12.8 Å². The van der Waals surface area contributed by atoms with Gasteiger partial charge in [-0.1, -0.05) is 42.5 Å². The molecule has 9 nitrogen and oxygen atoms in total. The number of benzene rings is 3. The van der Waals surface area contributed by atoms with Crippen LogP contribution in [0.25, 0.3) is 0 Å². The van der Waals surface area contributed by atoms with Crippen LogP contribution in [0.3, 0.4) is 0 Å². The maximum atomic E-state index is 14.0. The Morgan fingerprint density at radius 3 is 2.59 bits per heavy atom. The van der Waals surface area contributed by atoms with E-state index in [0.717, 1.165) is 17.7 Å². The van der Waals surface area contributed by atoms with Gasteiger partial charge in [-0.05, 0) is 55.2 Å². The van der Waals surface area contributed by atoms with E-state index in [0.29, 0.717) is 37.2 Å². The topological polar surface area (TPSA) is 105 Å². The summed E-state index contributed by atoms with van der Waals surface area (Å²) in [4.78, 5) is 28.2. The average molecular weight is 582 g/mol. The Morgan fingerprint density at radius 1 is 1.05 bits per heavy atom. The highest BCUT2D eigenvalue weighted by Gasteiger charge is 2.40. The van der Waals surface area contributed by atoms with E-state index in [9.17, 15) is 22.4 Å². The third-order valence-electron chi connectivity index (χ3n) is 7.36. The summed E-state index contributed by atoms with van der Waals surface area (Å²) >= 11 is 0. The Kier molecular flexibility index (Phi) is 8.55. The molecule has 2 atom stereocenters. The summed E-state index contributed by atoms with van der Waals surface area (Å²) in [7, 11) is -2.82. The van der Waals surface area contributed by atoms with Crippen molar-refractivity contribution in [3.8, 4) is 11.5 Å². The summed E-state index contributed by atoms with van der Waals surface area (Å²) < 4.78 is 53.3. The Morgan fingerprint density at radius 2 is 1.80 bits per heavy atom. The molecule has 0 aliphatic carbocycles. The number of piperidine rings is 1. The lowest BCUT2D eigenvalue weighted by atomic mass is 9.97. The predicted molar refractivity (Wildman–Crippen MR) is 151 cm³/mol. The van der Waals surface area contributed by atoms with Gasteiger partial charge in [-0.2, -0.15) is 4.31 Å². The Hall–Kier alpha value is -3.96. The minimum atomic E-state index is -4.13. The lowest BCUT2D eigenvalue weighted by Crippen LogP contribution is -2.54. The molecule has 1 saturated heterocycles. The first-order valence-corrected chi connectivity index (χ1v) is 14.9. The van der Waals surface area contributed by atoms with Crippen LogP contribution in [0.1, 0.15) is 18.4 Å². The van der Waals surface area contributed by atoms with Crippen LogP contribution in [0.15, 0.2) is 77.7 Å². The zero-order chi connectivity index (χ0) is 29.0. The standard InChI is InChI=1S/C30H32FN3O6S/c1-39-26-14-13-23(31)18-28(26)41(37,38)33-17-7-10-22(19-33)30(36)34-20-27(40-25-12-6-5-11-24(25)34)29(35)32-16-15-21-8-3-2-4-9-21/h2-6,8-9,11-14,18,22,27H,7,10,15-17,19-20H2,1H3,(H,32,35)/t22-,27+/m1/s1. The quantitative estimate of drug-likeness (QED) is 0.437. The van der Waals surface area contributed by atoms with Crippen molar-refractivity contribution in [3.05, 3.63) is 84.2 Å². The fourth-order valence-electron chi connectivity index (χ4n) is 5.24.